The maximum absolute atomic E-state index is 12.7. The summed E-state index contributed by atoms with van der Waals surface area (Å²) in [6.45, 7) is 5.47. The average Bonchev–Trinajstić information content (AvgIpc) is 3.32. The van der Waals surface area contributed by atoms with Gasteiger partial charge in [0.25, 0.3) is 0 Å². The van der Waals surface area contributed by atoms with Crippen LogP contribution in [0, 0.1) is 19.8 Å². The van der Waals surface area contributed by atoms with E-state index in [1.54, 1.807) is 17.1 Å². The molecule has 1 aliphatic heterocycles. The van der Waals surface area contributed by atoms with Crippen molar-refractivity contribution in [2.75, 3.05) is 23.3 Å². The smallest absolute Gasteiger partial charge is 0.231 e. The highest BCUT2D eigenvalue weighted by Crippen LogP contribution is 2.25. The minimum Gasteiger partial charge on any atom is -0.354 e. The summed E-state index contributed by atoms with van der Waals surface area (Å²) in [5.74, 6) is 1.45. The molecular formula is C18H21N7OS. The Balaban J connectivity index is 1.42. The molecule has 1 N–H and O–H groups in total. The van der Waals surface area contributed by atoms with Crippen molar-refractivity contribution < 1.29 is 4.79 Å². The fourth-order valence-corrected chi connectivity index (χ4v) is 3.97. The molecule has 9 heteroatoms. The molecule has 1 saturated heterocycles. The fraction of sp³-hybridized carbons (Fsp3) is 0.389. The SMILES string of the molecule is Cc1nc(NC(=O)[C@H]2CCCN(c3ccc(-n4ccnc4)nn3)C2)sc1C. The van der Waals surface area contributed by atoms with Crippen LogP contribution in [0.5, 0.6) is 0 Å². The lowest BCUT2D eigenvalue weighted by molar-refractivity contribution is -0.120. The Morgan fingerprint density at radius 3 is 2.74 bits per heavy atom. The summed E-state index contributed by atoms with van der Waals surface area (Å²) in [5.41, 5.74) is 0.967. The molecule has 0 aromatic carbocycles. The maximum atomic E-state index is 12.7. The van der Waals surface area contributed by atoms with E-state index in [1.807, 2.05) is 32.2 Å². The van der Waals surface area contributed by atoms with Gasteiger partial charge in [-0.25, -0.2) is 9.97 Å². The number of nitrogens with one attached hydrogen (secondary N) is 1. The number of nitrogens with zero attached hydrogens (tertiary/aromatic N) is 6. The van der Waals surface area contributed by atoms with Crippen molar-refractivity contribution in [1.29, 1.82) is 0 Å². The Labute approximate surface area is 161 Å². The van der Waals surface area contributed by atoms with Crippen molar-refractivity contribution in [3.05, 3.63) is 41.4 Å². The van der Waals surface area contributed by atoms with E-state index >= 15 is 0 Å². The second-order valence-electron chi connectivity index (χ2n) is 6.65. The standard InChI is InChI=1S/C18H21N7OS/c1-12-13(2)27-18(20-12)21-17(26)14-4-3-8-24(10-14)15-5-6-16(23-22-15)25-9-7-19-11-25/h5-7,9,11,14H,3-4,8,10H2,1-2H3,(H,20,21,26)/t14-/m0/s1. The molecule has 0 bridgehead atoms. The number of rotatable bonds is 4. The van der Waals surface area contributed by atoms with Crippen LogP contribution >= 0.6 is 11.3 Å². The third kappa shape index (κ3) is 3.82. The van der Waals surface area contributed by atoms with E-state index in [1.165, 1.54) is 11.3 Å². The van der Waals surface area contributed by atoms with Gasteiger partial charge >= 0.3 is 0 Å². The number of anilines is 2. The van der Waals surface area contributed by atoms with Gasteiger partial charge in [0.05, 0.1) is 11.6 Å². The van der Waals surface area contributed by atoms with E-state index in [0.717, 1.165) is 41.6 Å². The summed E-state index contributed by atoms with van der Waals surface area (Å²) in [6, 6.07) is 3.85. The quantitative estimate of drug-likeness (QED) is 0.745. The number of piperidine rings is 1. The number of aromatic nitrogens is 5. The van der Waals surface area contributed by atoms with Crippen LogP contribution in [0.2, 0.25) is 0 Å². The monoisotopic (exact) mass is 383 g/mol. The van der Waals surface area contributed by atoms with Gasteiger partial charge in [-0.05, 0) is 38.8 Å². The summed E-state index contributed by atoms with van der Waals surface area (Å²) >= 11 is 1.52. The van der Waals surface area contributed by atoms with Crippen LogP contribution in [0.4, 0.5) is 10.9 Å². The Hall–Kier alpha value is -2.81. The first-order valence-corrected chi connectivity index (χ1v) is 9.73. The molecule has 27 heavy (non-hydrogen) atoms. The van der Waals surface area contributed by atoms with Gasteiger partial charge in [0.1, 0.15) is 6.33 Å². The highest BCUT2D eigenvalue weighted by atomic mass is 32.1. The average molecular weight is 383 g/mol. The molecule has 1 atom stereocenters. The van der Waals surface area contributed by atoms with E-state index in [0.29, 0.717) is 11.7 Å². The predicted molar refractivity (Wildman–Crippen MR) is 104 cm³/mol. The molecule has 0 aliphatic carbocycles. The zero-order chi connectivity index (χ0) is 18.8. The van der Waals surface area contributed by atoms with Gasteiger partial charge < -0.3 is 10.2 Å². The molecule has 3 aromatic rings. The summed E-state index contributed by atoms with van der Waals surface area (Å²) in [4.78, 5) is 24.3. The van der Waals surface area contributed by atoms with E-state index in [2.05, 4.69) is 30.4 Å². The van der Waals surface area contributed by atoms with Crippen molar-refractivity contribution in [3.8, 4) is 5.82 Å². The zero-order valence-electron chi connectivity index (χ0n) is 15.3. The second kappa shape index (κ2) is 7.43. The molecule has 4 rings (SSSR count). The minimum atomic E-state index is -0.0848. The van der Waals surface area contributed by atoms with Crippen molar-refractivity contribution in [2.24, 2.45) is 5.92 Å². The molecule has 8 nitrogen and oxygen atoms in total. The van der Waals surface area contributed by atoms with Crippen LogP contribution in [0.3, 0.4) is 0 Å². The topological polar surface area (TPSA) is 88.8 Å². The normalized spacial score (nSPS) is 17.1. The van der Waals surface area contributed by atoms with E-state index in [4.69, 9.17) is 0 Å². The maximum Gasteiger partial charge on any atom is 0.231 e. The minimum absolute atomic E-state index is 0.0245. The van der Waals surface area contributed by atoms with Crippen molar-refractivity contribution in [3.63, 3.8) is 0 Å². The van der Waals surface area contributed by atoms with Crippen LogP contribution in [0.1, 0.15) is 23.4 Å². The molecule has 1 fully saturated rings. The van der Waals surface area contributed by atoms with Gasteiger partial charge in [-0.3, -0.25) is 9.36 Å². The van der Waals surface area contributed by atoms with E-state index in [-0.39, 0.29) is 11.8 Å². The number of aryl methyl sites for hydroxylation is 2. The van der Waals surface area contributed by atoms with E-state index in [9.17, 15) is 4.79 Å². The Morgan fingerprint density at radius 2 is 2.07 bits per heavy atom. The van der Waals surface area contributed by atoms with Crippen molar-refractivity contribution in [2.45, 2.75) is 26.7 Å². The number of thiazole rings is 1. The second-order valence-corrected chi connectivity index (χ2v) is 7.86. The number of amides is 1. The Morgan fingerprint density at radius 1 is 1.26 bits per heavy atom. The molecule has 1 aliphatic rings. The number of imidazole rings is 1. The van der Waals surface area contributed by atoms with Crippen LogP contribution in [0.25, 0.3) is 5.82 Å². The Kier molecular flexibility index (Phi) is 4.85. The largest absolute Gasteiger partial charge is 0.354 e. The van der Waals surface area contributed by atoms with Gasteiger partial charge in [-0.1, -0.05) is 0 Å². The Bertz CT molecular complexity index is 900. The number of carbonyl (C=O) groups is 1. The lowest BCUT2D eigenvalue weighted by Gasteiger charge is -2.32. The molecule has 140 valence electrons. The lowest BCUT2D eigenvalue weighted by Crippen LogP contribution is -2.41. The van der Waals surface area contributed by atoms with Crippen molar-refractivity contribution in [1.82, 2.24) is 24.7 Å². The fourth-order valence-electron chi connectivity index (χ4n) is 3.15. The molecule has 0 saturated carbocycles. The predicted octanol–water partition coefficient (Wildman–Crippen LogP) is 2.59. The number of carbonyl (C=O) groups excluding carboxylic acids is 1. The zero-order valence-corrected chi connectivity index (χ0v) is 16.1. The summed E-state index contributed by atoms with van der Waals surface area (Å²) in [7, 11) is 0. The van der Waals surface area contributed by atoms with Crippen LogP contribution in [-0.4, -0.2) is 43.7 Å². The summed E-state index contributed by atoms with van der Waals surface area (Å²) in [6.07, 6.45) is 7.03. The molecule has 0 radical (unpaired) electrons. The third-order valence-corrected chi connectivity index (χ3v) is 5.77. The molecule has 3 aromatic heterocycles. The number of hydrogen-bond donors (Lipinski definition) is 1. The lowest BCUT2D eigenvalue weighted by atomic mass is 9.97. The van der Waals surface area contributed by atoms with Gasteiger partial charge in [0.15, 0.2) is 16.8 Å². The van der Waals surface area contributed by atoms with Crippen LogP contribution < -0.4 is 10.2 Å². The molecule has 1 amide bonds. The molecule has 4 heterocycles. The first-order valence-electron chi connectivity index (χ1n) is 8.92. The summed E-state index contributed by atoms with van der Waals surface area (Å²) < 4.78 is 1.81. The van der Waals surface area contributed by atoms with Crippen molar-refractivity contribution >= 4 is 28.2 Å². The molecule has 0 unspecified atom stereocenters. The molecule has 0 spiro atoms. The first kappa shape index (κ1) is 17.6. The van der Waals surface area contributed by atoms with Gasteiger partial charge in [-0.15, -0.1) is 21.5 Å². The number of hydrogen-bond acceptors (Lipinski definition) is 7. The van der Waals surface area contributed by atoms with Crippen LogP contribution in [0.15, 0.2) is 30.9 Å². The molecular weight excluding hydrogens is 362 g/mol. The highest BCUT2D eigenvalue weighted by Gasteiger charge is 2.27. The first-order chi connectivity index (χ1) is 13.1. The van der Waals surface area contributed by atoms with Gasteiger partial charge in [0, 0.05) is 30.4 Å². The summed E-state index contributed by atoms with van der Waals surface area (Å²) in [5, 5.41) is 12.3. The third-order valence-electron chi connectivity index (χ3n) is 4.78. The van der Waals surface area contributed by atoms with Gasteiger partial charge in [0.2, 0.25) is 5.91 Å². The van der Waals surface area contributed by atoms with Crippen LogP contribution in [-0.2, 0) is 4.79 Å². The van der Waals surface area contributed by atoms with E-state index < -0.39 is 0 Å². The highest BCUT2D eigenvalue weighted by molar-refractivity contribution is 7.15. The van der Waals surface area contributed by atoms with Gasteiger partial charge in [-0.2, -0.15) is 0 Å².